The fraction of sp³-hybridized carbons (Fsp3) is 0.316. The number of quaternary nitrogens is 1. The fourth-order valence-corrected chi connectivity index (χ4v) is 2.44. The van der Waals surface area contributed by atoms with Crippen molar-refractivity contribution in [1.29, 1.82) is 0 Å². The first-order chi connectivity index (χ1) is 11.1. The highest BCUT2D eigenvalue weighted by molar-refractivity contribution is 5.84. The molecule has 0 heterocycles. The van der Waals surface area contributed by atoms with Crippen LogP contribution in [0.3, 0.4) is 0 Å². The number of ether oxygens (including phenoxy) is 1. The summed E-state index contributed by atoms with van der Waals surface area (Å²) in [4.78, 5) is 5.90. The zero-order valence-corrected chi connectivity index (χ0v) is 14.0. The summed E-state index contributed by atoms with van der Waals surface area (Å²) in [5, 5.41) is 10.1. The molecule has 0 aliphatic heterocycles. The Hall–Kier alpha value is -2.33. The van der Waals surface area contributed by atoms with Crippen LogP contribution in [0.4, 0.5) is 0 Å². The summed E-state index contributed by atoms with van der Waals surface area (Å²) in [6.07, 6.45) is 2.70. The number of methoxy groups -OCH3 is 1. The topological polar surface area (TPSA) is 46.3 Å². The van der Waals surface area contributed by atoms with Gasteiger partial charge in [0, 0.05) is 18.2 Å². The van der Waals surface area contributed by atoms with Crippen molar-refractivity contribution in [2.45, 2.75) is 12.5 Å². The summed E-state index contributed by atoms with van der Waals surface area (Å²) in [5.74, 6) is 0.601. The average molecular weight is 313 g/mol. The molecule has 0 spiro atoms. The van der Waals surface area contributed by atoms with Crippen molar-refractivity contribution in [3.05, 3.63) is 59.7 Å². The average Bonchev–Trinajstić information content (AvgIpc) is 2.56. The normalized spacial score (nSPS) is 12.7. The highest BCUT2D eigenvalue weighted by Gasteiger charge is 2.15. The molecule has 2 aromatic carbocycles. The number of phenolic OH excluding ortho intramolecular Hbond substituents is 1. The molecular formula is C19H25N2O2+. The quantitative estimate of drug-likeness (QED) is 0.762. The first-order valence-corrected chi connectivity index (χ1v) is 7.81. The minimum absolute atomic E-state index is 0.135. The van der Waals surface area contributed by atoms with Crippen molar-refractivity contribution < 1.29 is 14.7 Å². The van der Waals surface area contributed by atoms with Gasteiger partial charge in [-0.25, -0.2) is 0 Å². The van der Waals surface area contributed by atoms with Gasteiger partial charge in [-0.1, -0.05) is 36.4 Å². The van der Waals surface area contributed by atoms with E-state index in [4.69, 9.17) is 4.74 Å². The van der Waals surface area contributed by atoms with Crippen molar-refractivity contribution in [2.24, 2.45) is 4.99 Å². The molecule has 23 heavy (non-hydrogen) atoms. The second-order valence-electron chi connectivity index (χ2n) is 5.86. The molecule has 0 fully saturated rings. The molecule has 0 saturated carbocycles. The molecule has 1 atom stereocenters. The second-order valence-corrected chi connectivity index (χ2v) is 5.86. The van der Waals surface area contributed by atoms with Gasteiger partial charge in [-0.05, 0) is 17.7 Å². The molecule has 2 N–H and O–H groups in total. The zero-order chi connectivity index (χ0) is 16.7. The van der Waals surface area contributed by atoms with E-state index in [2.05, 4.69) is 43.4 Å². The van der Waals surface area contributed by atoms with Crippen LogP contribution in [0.5, 0.6) is 11.5 Å². The molecule has 0 aliphatic carbocycles. The Morgan fingerprint density at radius 3 is 2.52 bits per heavy atom. The number of phenols is 1. The van der Waals surface area contributed by atoms with Gasteiger partial charge in [0.15, 0.2) is 11.5 Å². The number of nitrogens with zero attached hydrogens (tertiary/aromatic N) is 1. The zero-order valence-electron chi connectivity index (χ0n) is 14.0. The predicted molar refractivity (Wildman–Crippen MR) is 93.9 cm³/mol. The van der Waals surface area contributed by atoms with Gasteiger partial charge in [-0.15, -0.1) is 0 Å². The predicted octanol–water partition coefficient (Wildman–Crippen LogP) is 1.58. The van der Waals surface area contributed by atoms with Crippen LogP contribution in [-0.2, 0) is 6.42 Å². The molecule has 0 aromatic heterocycles. The van der Waals surface area contributed by atoms with E-state index >= 15 is 0 Å². The van der Waals surface area contributed by atoms with Gasteiger partial charge >= 0.3 is 0 Å². The Bertz CT molecular complexity index is 639. The van der Waals surface area contributed by atoms with Crippen molar-refractivity contribution in [1.82, 2.24) is 0 Å². The van der Waals surface area contributed by atoms with Crippen molar-refractivity contribution in [3.63, 3.8) is 0 Å². The molecular weight excluding hydrogens is 288 g/mol. The third kappa shape index (κ3) is 4.83. The van der Waals surface area contributed by atoms with Crippen LogP contribution in [0, 0.1) is 0 Å². The van der Waals surface area contributed by atoms with E-state index in [9.17, 15) is 5.11 Å². The Morgan fingerprint density at radius 2 is 1.87 bits per heavy atom. The standard InChI is InChI=1S/C19H24N2O2/c1-21(2)17(12-15-8-5-4-6-9-15)14-20-13-16-10-7-11-18(23-3)19(16)22/h4-11,13,17,22H,12,14H2,1-3H3/p+1/t17-/m1/s1. The van der Waals surface area contributed by atoms with Crippen LogP contribution >= 0.6 is 0 Å². The molecule has 122 valence electrons. The van der Waals surface area contributed by atoms with E-state index < -0.39 is 0 Å². The number of rotatable bonds is 7. The van der Waals surface area contributed by atoms with Crippen LogP contribution in [0.25, 0.3) is 0 Å². The number of hydrogen-bond acceptors (Lipinski definition) is 3. The molecule has 0 saturated heterocycles. The van der Waals surface area contributed by atoms with Crippen molar-refractivity contribution in [3.8, 4) is 11.5 Å². The van der Waals surface area contributed by atoms with Crippen LogP contribution < -0.4 is 9.64 Å². The van der Waals surface area contributed by atoms with Gasteiger partial charge in [0.25, 0.3) is 0 Å². The SMILES string of the molecule is COc1cccc(C=NC[C@@H](Cc2ccccc2)[NH+](C)C)c1O. The van der Waals surface area contributed by atoms with Crippen LogP contribution in [0.15, 0.2) is 53.5 Å². The van der Waals surface area contributed by atoms with E-state index in [-0.39, 0.29) is 5.75 Å². The van der Waals surface area contributed by atoms with E-state index in [1.165, 1.54) is 10.5 Å². The number of nitrogens with one attached hydrogen (secondary N) is 1. The Labute approximate surface area is 138 Å². The van der Waals surface area contributed by atoms with Gasteiger partial charge < -0.3 is 14.7 Å². The van der Waals surface area contributed by atoms with E-state index in [0.29, 0.717) is 23.9 Å². The molecule has 0 unspecified atom stereocenters. The Morgan fingerprint density at radius 1 is 1.13 bits per heavy atom. The number of para-hydroxylation sites is 1. The van der Waals surface area contributed by atoms with Crippen molar-refractivity contribution in [2.75, 3.05) is 27.7 Å². The monoisotopic (exact) mass is 313 g/mol. The van der Waals surface area contributed by atoms with E-state index in [1.54, 1.807) is 19.4 Å². The van der Waals surface area contributed by atoms with Gasteiger partial charge in [0.1, 0.15) is 6.04 Å². The molecule has 0 bridgehead atoms. The Balaban J connectivity index is 2.04. The summed E-state index contributed by atoms with van der Waals surface area (Å²) in [6.45, 7) is 0.702. The van der Waals surface area contributed by atoms with Crippen LogP contribution in [0.2, 0.25) is 0 Å². The largest absolute Gasteiger partial charge is 0.504 e. The summed E-state index contributed by atoms with van der Waals surface area (Å²) in [7, 11) is 5.83. The molecule has 2 rings (SSSR count). The molecule has 2 aromatic rings. The lowest BCUT2D eigenvalue weighted by Crippen LogP contribution is -3.11. The summed E-state index contributed by atoms with van der Waals surface area (Å²) >= 11 is 0. The lowest BCUT2D eigenvalue weighted by atomic mass is 10.1. The van der Waals surface area contributed by atoms with Gasteiger partial charge in [0.05, 0.1) is 27.7 Å². The van der Waals surface area contributed by atoms with Gasteiger partial charge in [-0.2, -0.15) is 0 Å². The smallest absolute Gasteiger partial charge is 0.166 e. The molecule has 4 heteroatoms. The molecule has 4 nitrogen and oxygen atoms in total. The number of aromatic hydroxyl groups is 1. The third-order valence-electron chi connectivity index (χ3n) is 3.95. The lowest BCUT2D eigenvalue weighted by Gasteiger charge is -2.19. The summed E-state index contributed by atoms with van der Waals surface area (Å²) in [5.41, 5.74) is 2.00. The number of benzene rings is 2. The highest BCUT2D eigenvalue weighted by Crippen LogP contribution is 2.27. The second kappa shape index (κ2) is 8.34. The molecule has 0 aliphatic rings. The molecule has 0 amide bonds. The van der Waals surface area contributed by atoms with Crippen LogP contribution in [-0.4, -0.2) is 45.1 Å². The van der Waals surface area contributed by atoms with Crippen molar-refractivity contribution >= 4 is 6.21 Å². The number of likely N-dealkylation sites (N-methyl/N-ethyl adjacent to an activating group) is 1. The number of aliphatic imine (C=N–C) groups is 1. The Kier molecular flexibility index (Phi) is 6.18. The maximum atomic E-state index is 10.1. The summed E-state index contributed by atoms with van der Waals surface area (Å²) < 4.78 is 5.11. The van der Waals surface area contributed by atoms with E-state index in [0.717, 1.165) is 6.42 Å². The maximum absolute atomic E-state index is 10.1. The third-order valence-corrected chi connectivity index (χ3v) is 3.95. The first kappa shape index (κ1) is 17.0. The maximum Gasteiger partial charge on any atom is 0.166 e. The fourth-order valence-electron chi connectivity index (χ4n) is 2.44. The minimum Gasteiger partial charge on any atom is -0.504 e. The van der Waals surface area contributed by atoms with E-state index in [1.807, 2.05) is 18.2 Å². The lowest BCUT2D eigenvalue weighted by molar-refractivity contribution is -0.883. The van der Waals surface area contributed by atoms with Gasteiger partial charge in [-0.3, -0.25) is 4.99 Å². The minimum atomic E-state index is 0.135. The van der Waals surface area contributed by atoms with Gasteiger partial charge in [0.2, 0.25) is 0 Å². The summed E-state index contributed by atoms with van der Waals surface area (Å²) in [6, 6.07) is 16.3. The molecule has 0 radical (unpaired) electrons. The highest BCUT2D eigenvalue weighted by atomic mass is 16.5. The number of hydrogen-bond donors (Lipinski definition) is 2. The first-order valence-electron chi connectivity index (χ1n) is 7.81. The van der Waals surface area contributed by atoms with Crippen LogP contribution in [0.1, 0.15) is 11.1 Å².